The van der Waals surface area contributed by atoms with Crippen LogP contribution in [0.1, 0.15) is 49.7 Å². The van der Waals surface area contributed by atoms with Gasteiger partial charge in [0.1, 0.15) is 6.10 Å². The first-order valence-corrected chi connectivity index (χ1v) is 18.1. The van der Waals surface area contributed by atoms with E-state index in [-0.39, 0.29) is 24.0 Å². The van der Waals surface area contributed by atoms with Crippen molar-refractivity contribution in [2.24, 2.45) is 5.92 Å². The van der Waals surface area contributed by atoms with Crippen molar-refractivity contribution in [3.05, 3.63) is 23.3 Å². The average molecular weight is 680 g/mol. The summed E-state index contributed by atoms with van der Waals surface area (Å²) in [6.45, 7) is 9.17. The van der Waals surface area contributed by atoms with E-state index < -0.39 is 11.0 Å². The first kappa shape index (κ1) is 36.2. The molecule has 2 N–H and O–H groups in total. The van der Waals surface area contributed by atoms with Gasteiger partial charge in [0, 0.05) is 25.3 Å². The number of likely N-dealkylation sites (tertiary alicyclic amines) is 1. The molecule has 12 nitrogen and oxygen atoms in total. The van der Waals surface area contributed by atoms with Crippen LogP contribution in [0.15, 0.2) is 12.1 Å². The number of methoxy groups -OCH3 is 1. The summed E-state index contributed by atoms with van der Waals surface area (Å²) < 4.78 is 51.1. The van der Waals surface area contributed by atoms with Crippen LogP contribution in [0.4, 0.5) is 0 Å². The molecule has 48 heavy (non-hydrogen) atoms. The highest BCUT2D eigenvalue weighted by Crippen LogP contribution is 2.65. The Morgan fingerprint density at radius 3 is 1.92 bits per heavy atom. The van der Waals surface area contributed by atoms with Crippen LogP contribution in [-0.2, 0) is 49.7 Å². The number of aliphatic hydroxyl groups is 1. The molecule has 1 saturated heterocycles. The monoisotopic (exact) mass is 679 g/mol. The summed E-state index contributed by atoms with van der Waals surface area (Å²) in [5, 5.41) is 23.4. The van der Waals surface area contributed by atoms with Gasteiger partial charge in [0.05, 0.1) is 110 Å². The fraction of sp³-hybridized carbons (Fsp3) is 0.833. The van der Waals surface area contributed by atoms with E-state index in [2.05, 4.69) is 4.90 Å². The molecule has 2 heterocycles. The Morgan fingerprint density at radius 2 is 1.35 bits per heavy atom. The molecule has 3 fully saturated rings. The zero-order valence-corrected chi connectivity index (χ0v) is 28.7. The molecule has 1 aromatic rings. The lowest BCUT2D eigenvalue weighted by Gasteiger charge is -2.64. The van der Waals surface area contributed by atoms with E-state index in [4.69, 9.17) is 42.6 Å². The molecule has 1 aromatic carbocycles. The van der Waals surface area contributed by atoms with Crippen molar-refractivity contribution >= 4 is 0 Å². The van der Waals surface area contributed by atoms with Crippen LogP contribution in [-0.4, -0.2) is 152 Å². The van der Waals surface area contributed by atoms with Crippen molar-refractivity contribution in [2.45, 2.75) is 74.2 Å². The molecular formula is C36H57NO11. The maximum Gasteiger partial charge on any atom is 0.165 e. The number of ether oxygens (including phenoxy) is 9. The zero-order chi connectivity index (χ0) is 33.2. The van der Waals surface area contributed by atoms with Crippen LogP contribution < -0.4 is 4.74 Å². The zero-order valence-electron chi connectivity index (χ0n) is 28.7. The van der Waals surface area contributed by atoms with Gasteiger partial charge in [-0.15, -0.1) is 0 Å². The van der Waals surface area contributed by atoms with Crippen LogP contribution in [0.3, 0.4) is 0 Å². The van der Waals surface area contributed by atoms with Gasteiger partial charge in [-0.2, -0.15) is 0 Å². The first-order valence-electron chi connectivity index (χ1n) is 18.1. The molecule has 5 atom stereocenters. The van der Waals surface area contributed by atoms with Crippen LogP contribution in [0, 0.1) is 5.92 Å². The van der Waals surface area contributed by atoms with Gasteiger partial charge in [0.15, 0.2) is 11.5 Å². The van der Waals surface area contributed by atoms with E-state index in [0.717, 1.165) is 37.4 Å². The van der Waals surface area contributed by atoms with E-state index in [0.29, 0.717) is 111 Å². The van der Waals surface area contributed by atoms with E-state index in [9.17, 15) is 10.2 Å². The molecular weight excluding hydrogens is 622 g/mol. The Hall–Kier alpha value is -1.58. The van der Waals surface area contributed by atoms with Crippen molar-refractivity contribution in [1.82, 2.24) is 4.90 Å². The predicted octanol–water partition coefficient (Wildman–Crippen LogP) is 2.48. The van der Waals surface area contributed by atoms with Crippen LogP contribution in [0.5, 0.6) is 11.5 Å². The summed E-state index contributed by atoms with van der Waals surface area (Å²) in [6, 6.07) is 3.87. The van der Waals surface area contributed by atoms with Crippen LogP contribution in [0.2, 0.25) is 0 Å². The van der Waals surface area contributed by atoms with Crippen molar-refractivity contribution in [1.29, 1.82) is 0 Å². The third-order valence-electron chi connectivity index (χ3n) is 11.1. The highest BCUT2D eigenvalue weighted by molar-refractivity contribution is 5.62. The number of hydrogen-bond acceptors (Lipinski definition) is 12. The van der Waals surface area contributed by atoms with E-state index >= 15 is 0 Å². The molecule has 6 rings (SSSR count). The molecule has 3 unspecified atom stereocenters. The molecule has 272 valence electrons. The largest absolute Gasteiger partial charge is 0.504 e. The smallest absolute Gasteiger partial charge is 0.165 e. The molecule has 0 radical (unpaired) electrons. The van der Waals surface area contributed by atoms with Crippen molar-refractivity contribution in [2.75, 3.05) is 113 Å². The molecule has 2 bridgehead atoms. The average Bonchev–Trinajstić information content (AvgIpc) is 3.42. The van der Waals surface area contributed by atoms with E-state index in [1.165, 1.54) is 24.8 Å². The Bertz CT molecular complexity index is 1140. The lowest BCUT2D eigenvalue weighted by Crippen LogP contribution is -2.77. The van der Waals surface area contributed by atoms with Gasteiger partial charge < -0.3 is 52.8 Å². The number of piperidine rings is 1. The number of phenols is 1. The molecule has 2 aliphatic heterocycles. The van der Waals surface area contributed by atoms with Gasteiger partial charge in [0.25, 0.3) is 0 Å². The number of hydrogen-bond donors (Lipinski definition) is 2. The maximum atomic E-state index is 12.6. The number of phenolic OH excluding ortho intramolecular Hbond substituents is 1. The molecule has 0 aromatic heterocycles. The summed E-state index contributed by atoms with van der Waals surface area (Å²) in [7, 11) is 1.65. The lowest BCUT2D eigenvalue weighted by atomic mass is 9.48. The number of benzene rings is 1. The van der Waals surface area contributed by atoms with Gasteiger partial charge in [-0.05, 0) is 62.6 Å². The first-order chi connectivity index (χ1) is 23.6. The second-order valence-corrected chi connectivity index (χ2v) is 13.8. The normalized spacial score (nSPS) is 29.1. The molecule has 0 amide bonds. The van der Waals surface area contributed by atoms with Crippen molar-refractivity contribution in [3.63, 3.8) is 0 Å². The summed E-state index contributed by atoms with van der Waals surface area (Å²) in [5.41, 5.74) is 0.785. The minimum absolute atomic E-state index is 0.0666. The highest BCUT2D eigenvalue weighted by Gasteiger charge is 2.73. The minimum Gasteiger partial charge on any atom is -0.504 e. The third kappa shape index (κ3) is 7.83. The fourth-order valence-electron chi connectivity index (χ4n) is 8.58. The van der Waals surface area contributed by atoms with Gasteiger partial charge in [0.2, 0.25) is 0 Å². The second kappa shape index (κ2) is 17.6. The van der Waals surface area contributed by atoms with Crippen LogP contribution >= 0.6 is 0 Å². The van der Waals surface area contributed by atoms with Gasteiger partial charge in [-0.1, -0.05) is 12.5 Å². The topological polar surface area (TPSA) is 127 Å². The standard InChI is InChI=1S/C36H57NO11/c1-40-11-12-41-13-14-42-15-16-43-17-18-44-19-20-45-21-22-46-23-24-47-30-7-8-36(39)31-25-28-5-6-29(38)33-32(28)35(36,34(30)48-33)9-10-37(31)26-27-3-2-4-27/h5-6,27,30-31,34,38-39H,2-4,7-26H2,1H3/t30?,31?,34-,35?,36+/m0/s1. The SMILES string of the molecule is COCCOCCOCCOCCOCCOCCOCCOC1CC[C@@]2(O)C3Cc4ccc(O)c5c4C2(CCN3CC2CCC2)[C@H]1O5. The van der Waals surface area contributed by atoms with Gasteiger partial charge in [-0.25, -0.2) is 0 Å². The van der Waals surface area contributed by atoms with Crippen molar-refractivity contribution < 1.29 is 52.8 Å². The summed E-state index contributed by atoms with van der Waals surface area (Å²) in [5.74, 6) is 1.47. The fourth-order valence-corrected chi connectivity index (χ4v) is 8.58. The van der Waals surface area contributed by atoms with Crippen molar-refractivity contribution in [3.8, 4) is 11.5 Å². The Kier molecular flexibility index (Phi) is 13.3. The summed E-state index contributed by atoms with van der Waals surface area (Å²) in [6.07, 6.45) is 6.41. The van der Waals surface area contributed by atoms with E-state index in [1.807, 2.05) is 6.07 Å². The van der Waals surface area contributed by atoms with Gasteiger partial charge >= 0.3 is 0 Å². The predicted molar refractivity (Wildman–Crippen MR) is 176 cm³/mol. The summed E-state index contributed by atoms with van der Waals surface area (Å²) in [4.78, 5) is 2.57. The lowest BCUT2D eigenvalue weighted by molar-refractivity contribution is -0.218. The van der Waals surface area contributed by atoms with E-state index in [1.54, 1.807) is 13.2 Å². The Labute approximate surface area is 285 Å². The quantitative estimate of drug-likeness (QED) is 0.156. The highest BCUT2D eigenvalue weighted by atomic mass is 16.6. The molecule has 2 saturated carbocycles. The summed E-state index contributed by atoms with van der Waals surface area (Å²) >= 11 is 0. The second-order valence-electron chi connectivity index (χ2n) is 13.8. The van der Waals surface area contributed by atoms with Gasteiger partial charge in [-0.3, -0.25) is 4.90 Å². The molecule has 12 heteroatoms. The van der Waals surface area contributed by atoms with Crippen LogP contribution in [0.25, 0.3) is 0 Å². The Balaban J connectivity index is 0.843. The molecule has 3 aliphatic carbocycles. The number of nitrogens with zero attached hydrogens (tertiary/aromatic N) is 1. The minimum atomic E-state index is -0.898. The number of rotatable bonds is 24. The maximum absolute atomic E-state index is 12.6. The Morgan fingerprint density at radius 1 is 0.771 bits per heavy atom. The molecule has 1 spiro atoms. The third-order valence-corrected chi connectivity index (χ3v) is 11.1. The molecule has 5 aliphatic rings. The number of aromatic hydroxyl groups is 1.